The molecule has 0 aliphatic rings. The Kier molecular flexibility index (Phi) is 3.19. The van der Waals surface area contributed by atoms with Crippen LogP contribution < -0.4 is 0 Å². The lowest BCUT2D eigenvalue weighted by Crippen LogP contribution is -1.84. The fourth-order valence-corrected chi connectivity index (χ4v) is 1.45. The van der Waals surface area contributed by atoms with Gasteiger partial charge in [-0.25, -0.2) is 13.8 Å². The Labute approximate surface area is 95.9 Å². The van der Waals surface area contributed by atoms with Gasteiger partial charge < -0.3 is 4.42 Å². The van der Waals surface area contributed by atoms with Gasteiger partial charge in [0, 0.05) is 17.9 Å². The molecule has 5 heteroatoms. The summed E-state index contributed by atoms with van der Waals surface area (Å²) in [7, 11) is 0. The Balaban J connectivity index is 2.31. The minimum Gasteiger partial charge on any atom is -0.441 e. The standard InChI is InChI=1S/C11H8ClF2NO/c12-4-3-11-15-6-10(16-11)7-1-2-8(13)9(14)5-7/h1-2,5-6H,3-4H2. The Bertz CT molecular complexity index is 498. The van der Waals surface area contributed by atoms with Crippen LogP contribution in [0.15, 0.2) is 28.8 Å². The molecule has 0 unspecified atom stereocenters. The van der Waals surface area contributed by atoms with E-state index in [-0.39, 0.29) is 0 Å². The minimum atomic E-state index is -0.909. The van der Waals surface area contributed by atoms with E-state index in [4.69, 9.17) is 16.0 Å². The largest absolute Gasteiger partial charge is 0.441 e. The quantitative estimate of drug-likeness (QED) is 0.773. The lowest BCUT2D eigenvalue weighted by molar-refractivity contribution is 0.503. The fourth-order valence-electron chi connectivity index (χ4n) is 1.29. The van der Waals surface area contributed by atoms with Gasteiger partial charge in [-0.1, -0.05) is 0 Å². The second-order valence-corrected chi connectivity index (χ2v) is 3.56. The molecule has 1 aromatic carbocycles. The summed E-state index contributed by atoms with van der Waals surface area (Å²) in [5, 5.41) is 0. The number of aryl methyl sites for hydroxylation is 1. The van der Waals surface area contributed by atoms with Crippen molar-refractivity contribution in [1.29, 1.82) is 0 Å². The summed E-state index contributed by atoms with van der Waals surface area (Å²) in [6, 6.07) is 3.55. The lowest BCUT2D eigenvalue weighted by atomic mass is 10.2. The SMILES string of the molecule is Fc1ccc(-c2cnc(CCCl)o2)cc1F. The van der Waals surface area contributed by atoms with Crippen molar-refractivity contribution in [1.82, 2.24) is 4.98 Å². The first-order chi connectivity index (χ1) is 7.70. The summed E-state index contributed by atoms with van der Waals surface area (Å²) >= 11 is 5.53. The van der Waals surface area contributed by atoms with Crippen LogP contribution in [0, 0.1) is 11.6 Å². The Hall–Kier alpha value is -1.42. The Morgan fingerprint density at radius 3 is 2.75 bits per heavy atom. The first-order valence-corrected chi connectivity index (χ1v) is 5.20. The fraction of sp³-hybridized carbons (Fsp3) is 0.182. The Morgan fingerprint density at radius 2 is 2.06 bits per heavy atom. The van der Waals surface area contributed by atoms with Crippen LogP contribution in [0.4, 0.5) is 8.78 Å². The molecule has 2 nitrogen and oxygen atoms in total. The molecule has 0 saturated carbocycles. The zero-order valence-electron chi connectivity index (χ0n) is 8.21. The lowest BCUT2D eigenvalue weighted by Gasteiger charge is -1.97. The molecule has 0 saturated heterocycles. The monoisotopic (exact) mass is 243 g/mol. The van der Waals surface area contributed by atoms with Crippen LogP contribution >= 0.6 is 11.6 Å². The number of hydrogen-bond donors (Lipinski definition) is 0. The zero-order chi connectivity index (χ0) is 11.5. The molecule has 1 heterocycles. The van der Waals surface area contributed by atoms with Crippen LogP contribution in [-0.4, -0.2) is 10.9 Å². The highest BCUT2D eigenvalue weighted by Crippen LogP contribution is 2.22. The number of aromatic nitrogens is 1. The second kappa shape index (κ2) is 4.61. The number of oxazole rings is 1. The van der Waals surface area contributed by atoms with Gasteiger partial charge in [0.2, 0.25) is 0 Å². The first kappa shape index (κ1) is 11.1. The molecule has 84 valence electrons. The van der Waals surface area contributed by atoms with Crippen molar-refractivity contribution in [3.8, 4) is 11.3 Å². The van der Waals surface area contributed by atoms with Gasteiger partial charge in [0.1, 0.15) is 0 Å². The molecule has 0 aliphatic carbocycles. The number of halogens is 3. The molecule has 16 heavy (non-hydrogen) atoms. The van der Waals surface area contributed by atoms with Crippen LogP contribution in [0.3, 0.4) is 0 Å². The molecule has 0 fully saturated rings. The number of alkyl halides is 1. The molecule has 0 N–H and O–H groups in total. The predicted octanol–water partition coefficient (Wildman–Crippen LogP) is 3.40. The normalized spacial score (nSPS) is 10.7. The average molecular weight is 244 g/mol. The van der Waals surface area contributed by atoms with E-state index in [1.165, 1.54) is 12.3 Å². The van der Waals surface area contributed by atoms with Gasteiger partial charge in [-0.05, 0) is 18.2 Å². The summed E-state index contributed by atoms with van der Waals surface area (Å²) in [5.74, 6) is -0.511. The third kappa shape index (κ3) is 2.22. The van der Waals surface area contributed by atoms with E-state index in [0.29, 0.717) is 29.5 Å². The van der Waals surface area contributed by atoms with Crippen molar-refractivity contribution in [2.24, 2.45) is 0 Å². The van der Waals surface area contributed by atoms with Crippen LogP contribution in [0.5, 0.6) is 0 Å². The number of nitrogens with zero attached hydrogens (tertiary/aromatic N) is 1. The van der Waals surface area contributed by atoms with Crippen molar-refractivity contribution in [3.63, 3.8) is 0 Å². The molecule has 0 bridgehead atoms. The highest BCUT2D eigenvalue weighted by molar-refractivity contribution is 6.17. The van der Waals surface area contributed by atoms with Gasteiger partial charge in [-0.2, -0.15) is 0 Å². The van der Waals surface area contributed by atoms with Gasteiger partial charge in [0.15, 0.2) is 23.3 Å². The number of rotatable bonds is 3. The minimum absolute atomic E-state index is 0.401. The molecular formula is C11H8ClF2NO. The maximum absolute atomic E-state index is 13.0. The van der Waals surface area contributed by atoms with E-state index in [1.54, 1.807) is 0 Å². The van der Waals surface area contributed by atoms with Gasteiger partial charge >= 0.3 is 0 Å². The molecule has 0 amide bonds. The highest BCUT2D eigenvalue weighted by atomic mass is 35.5. The molecule has 2 rings (SSSR count). The van der Waals surface area contributed by atoms with Crippen LogP contribution in [0.1, 0.15) is 5.89 Å². The van der Waals surface area contributed by atoms with E-state index >= 15 is 0 Å². The van der Waals surface area contributed by atoms with E-state index in [0.717, 1.165) is 12.1 Å². The summed E-state index contributed by atoms with van der Waals surface area (Å²) in [4.78, 5) is 3.97. The van der Waals surface area contributed by atoms with Gasteiger partial charge in [-0.15, -0.1) is 11.6 Å². The molecule has 0 atom stereocenters. The van der Waals surface area contributed by atoms with Crippen LogP contribution in [0.2, 0.25) is 0 Å². The summed E-state index contributed by atoms with van der Waals surface area (Å²) in [5.41, 5.74) is 0.451. The van der Waals surface area contributed by atoms with E-state index in [2.05, 4.69) is 4.98 Å². The number of hydrogen-bond acceptors (Lipinski definition) is 2. The number of benzene rings is 1. The van der Waals surface area contributed by atoms with Crippen molar-refractivity contribution in [3.05, 3.63) is 41.9 Å². The summed E-state index contributed by atoms with van der Waals surface area (Å²) in [6.45, 7) is 0. The molecule has 0 radical (unpaired) electrons. The van der Waals surface area contributed by atoms with Gasteiger partial charge in [0.25, 0.3) is 0 Å². The highest BCUT2D eigenvalue weighted by Gasteiger charge is 2.09. The molecule has 1 aromatic heterocycles. The first-order valence-electron chi connectivity index (χ1n) is 4.67. The average Bonchev–Trinajstić information content (AvgIpc) is 2.71. The topological polar surface area (TPSA) is 26.0 Å². The smallest absolute Gasteiger partial charge is 0.196 e. The summed E-state index contributed by atoms with van der Waals surface area (Å²) in [6.07, 6.45) is 1.97. The van der Waals surface area contributed by atoms with Crippen LogP contribution in [-0.2, 0) is 6.42 Å². The summed E-state index contributed by atoms with van der Waals surface area (Å²) < 4.78 is 31.0. The predicted molar refractivity (Wildman–Crippen MR) is 56.3 cm³/mol. The van der Waals surface area contributed by atoms with E-state index in [9.17, 15) is 8.78 Å². The van der Waals surface area contributed by atoms with Gasteiger partial charge in [0.05, 0.1) is 6.20 Å². The van der Waals surface area contributed by atoms with Gasteiger partial charge in [-0.3, -0.25) is 0 Å². The maximum Gasteiger partial charge on any atom is 0.196 e. The maximum atomic E-state index is 13.0. The van der Waals surface area contributed by atoms with Crippen molar-refractivity contribution in [2.75, 3.05) is 5.88 Å². The molecule has 0 aliphatic heterocycles. The van der Waals surface area contributed by atoms with E-state index < -0.39 is 11.6 Å². The second-order valence-electron chi connectivity index (χ2n) is 3.19. The third-order valence-corrected chi connectivity index (χ3v) is 2.26. The molecular weight excluding hydrogens is 236 g/mol. The van der Waals surface area contributed by atoms with Crippen molar-refractivity contribution < 1.29 is 13.2 Å². The van der Waals surface area contributed by atoms with E-state index in [1.807, 2.05) is 0 Å². The molecule has 0 spiro atoms. The van der Waals surface area contributed by atoms with Crippen LogP contribution in [0.25, 0.3) is 11.3 Å². The van der Waals surface area contributed by atoms with Crippen molar-refractivity contribution >= 4 is 11.6 Å². The molecule has 2 aromatic rings. The third-order valence-electron chi connectivity index (χ3n) is 2.07. The zero-order valence-corrected chi connectivity index (χ0v) is 8.97. The van der Waals surface area contributed by atoms with Crippen molar-refractivity contribution in [2.45, 2.75) is 6.42 Å². The Morgan fingerprint density at radius 1 is 1.25 bits per heavy atom.